The molecule has 1 unspecified atom stereocenters. The van der Waals surface area contributed by atoms with Gasteiger partial charge in [0.15, 0.2) is 0 Å². The average molecular weight is 245 g/mol. The van der Waals surface area contributed by atoms with Crippen molar-refractivity contribution >= 4 is 17.4 Å². The van der Waals surface area contributed by atoms with Crippen LogP contribution < -0.4 is 5.73 Å². The fourth-order valence-corrected chi connectivity index (χ4v) is 2.40. The molecule has 2 N–H and O–H groups in total. The van der Waals surface area contributed by atoms with Gasteiger partial charge in [-0.05, 0) is 24.1 Å². The van der Waals surface area contributed by atoms with E-state index in [2.05, 4.69) is 13.8 Å². The van der Waals surface area contributed by atoms with E-state index in [1.807, 2.05) is 0 Å². The normalized spacial score (nSPS) is 13.1. The molecule has 4 heteroatoms. The summed E-state index contributed by atoms with van der Waals surface area (Å²) in [6.07, 6.45) is -1.39. The second-order valence-corrected chi connectivity index (χ2v) is 4.98. The average Bonchev–Trinajstić information content (AvgIpc) is 2.26. The first-order chi connectivity index (χ1) is 7.54. The lowest BCUT2D eigenvalue weighted by Crippen LogP contribution is -1.98. The SMILES string of the molecule is CCC(C)CSc1ccc(N)cc1C(F)F. The highest BCUT2D eigenvalue weighted by Gasteiger charge is 2.14. The van der Waals surface area contributed by atoms with E-state index in [0.29, 0.717) is 16.5 Å². The maximum Gasteiger partial charge on any atom is 0.265 e. The van der Waals surface area contributed by atoms with Gasteiger partial charge >= 0.3 is 0 Å². The second-order valence-electron chi connectivity index (χ2n) is 3.92. The quantitative estimate of drug-likeness (QED) is 0.616. The Kier molecular flexibility index (Phi) is 5.06. The third kappa shape index (κ3) is 3.67. The van der Waals surface area contributed by atoms with Gasteiger partial charge in [0.1, 0.15) is 0 Å². The van der Waals surface area contributed by atoms with Crippen molar-refractivity contribution in [1.82, 2.24) is 0 Å². The van der Waals surface area contributed by atoms with Crippen molar-refractivity contribution in [2.24, 2.45) is 5.92 Å². The van der Waals surface area contributed by atoms with Crippen LogP contribution >= 0.6 is 11.8 Å². The van der Waals surface area contributed by atoms with Gasteiger partial charge in [0.25, 0.3) is 6.43 Å². The Morgan fingerprint density at radius 3 is 2.62 bits per heavy atom. The molecule has 1 aromatic carbocycles. The van der Waals surface area contributed by atoms with Crippen molar-refractivity contribution in [1.29, 1.82) is 0 Å². The minimum absolute atomic E-state index is 0.0494. The highest BCUT2D eigenvalue weighted by molar-refractivity contribution is 7.99. The lowest BCUT2D eigenvalue weighted by atomic mass is 10.2. The summed E-state index contributed by atoms with van der Waals surface area (Å²) in [6, 6.07) is 4.72. The number of hydrogen-bond acceptors (Lipinski definition) is 2. The van der Waals surface area contributed by atoms with Gasteiger partial charge in [0, 0.05) is 21.9 Å². The molecule has 1 aromatic rings. The van der Waals surface area contributed by atoms with E-state index < -0.39 is 6.43 Å². The number of thioether (sulfide) groups is 1. The minimum atomic E-state index is -2.46. The van der Waals surface area contributed by atoms with Gasteiger partial charge in [-0.2, -0.15) is 0 Å². The smallest absolute Gasteiger partial charge is 0.265 e. The molecule has 1 nitrogen and oxygen atoms in total. The molecule has 0 aliphatic rings. The number of hydrogen-bond donors (Lipinski definition) is 1. The Bertz CT molecular complexity index is 342. The predicted octanol–water partition coefficient (Wildman–Crippen LogP) is 4.34. The number of halogens is 2. The molecule has 90 valence electrons. The summed E-state index contributed by atoms with van der Waals surface area (Å²) < 4.78 is 25.5. The molecule has 16 heavy (non-hydrogen) atoms. The van der Waals surface area contributed by atoms with Gasteiger partial charge in [-0.3, -0.25) is 0 Å². The molecule has 0 heterocycles. The van der Waals surface area contributed by atoms with E-state index >= 15 is 0 Å². The molecule has 0 aliphatic carbocycles. The lowest BCUT2D eigenvalue weighted by molar-refractivity contribution is 0.148. The highest BCUT2D eigenvalue weighted by atomic mass is 32.2. The number of anilines is 1. The molecule has 1 atom stereocenters. The molecule has 0 bridgehead atoms. The summed E-state index contributed by atoms with van der Waals surface area (Å²) in [4.78, 5) is 0.643. The largest absolute Gasteiger partial charge is 0.399 e. The zero-order valence-electron chi connectivity index (χ0n) is 9.54. The molecule has 0 spiro atoms. The van der Waals surface area contributed by atoms with Crippen molar-refractivity contribution in [3.05, 3.63) is 23.8 Å². The van der Waals surface area contributed by atoms with Crippen molar-refractivity contribution < 1.29 is 8.78 Å². The Morgan fingerprint density at radius 1 is 1.38 bits per heavy atom. The van der Waals surface area contributed by atoms with Crippen molar-refractivity contribution in [2.75, 3.05) is 11.5 Å². The van der Waals surface area contributed by atoms with Crippen LogP contribution in [-0.2, 0) is 0 Å². The Morgan fingerprint density at radius 2 is 2.06 bits per heavy atom. The summed E-state index contributed by atoms with van der Waals surface area (Å²) in [5.41, 5.74) is 5.95. The van der Waals surface area contributed by atoms with Crippen molar-refractivity contribution in [3.63, 3.8) is 0 Å². The van der Waals surface area contributed by atoms with Gasteiger partial charge in [0.05, 0.1) is 0 Å². The van der Waals surface area contributed by atoms with E-state index in [9.17, 15) is 8.78 Å². The molecule has 1 rings (SSSR count). The topological polar surface area (TPSA) is 26.0 Å². The fourth-order valence-electron chi connectivity index (χ4n) is 1.22. The van der Waals surface area contributed by atoms with Crippen LogP contribution in [0.1, 0.15) is 32.3 Å². The van der Waals surface area contributed by atoms with Crippen LogP contribution in [0.4, 0.5) is 14.5 Å². The number of nitrogens with two attached hydrogens (primary N) is 1. The predicted molar refractivity (Wildman–Crippen MR) is 66.0 cm³/mol. The van der Waals surface area contributed by atoms with Crippen LogP contribution in [0.5, 0.6) is 0 Å². The molecular formula is C12H17F2NS. The van der Waals surface area contributed by atoms with Crippen molar-refractivity contribution in [2.45, 2.75) is 31.6 Å². The molecule has 0 aromatic heterocycles. The molecule has 0 saturated heterocycles. The first-order valence-electron chi connectivity index (χ1n) is 5.35. The van der Waals surface area contributed by atoms with Gasteiger partial charge in [-0.15, -0.1) is 11.8 Å². The van der Waals surface area contributed by atoms with Crippen LogP contribution in [0.15, 0.2) is 23.1 Å². The minimum Gasteiger partial charge on any atom is -0.399 e. The van der Waals surface area contributed by atoms with Crippen molar-refractivity contribution in [3.8, 4) is 0 Å². The summed E-state index contributed by atoms with van der Waals surface area (Å²) in [7, 11) is 0. The van der Waals surface area contributed by atoms with Crippen LogP contribution in [0.2, 0.25) is 0 Å². The van der Waals surface area contributed by atoms with Gasteiger partial charge in [-0.25, -0.2) is 8.78 Å². The van der Waals surface area contributed by atoms with Crippen LogP contribution in [0.25, 0.3) is 0 Å². The monoisotopic (exact) mass is 245 g/mol. The second kappa shape index (κ2) is 6.09. The zero-order chi connectivity index (χ0) is 12.1. The molecule has 0 amide bonds. The Balaban J connectivity index is 2.78. The van der Waals surface area contributed by atoms with E-state index in [1.54, 1.807) is 12.1 Å². The van der Waals surface area contributed by atoms with E-state index in [0.717, 1.165) is 12.2 Å². The molecule has 0 radical (unpaired) electrons. The summed E-state index contributed by atoms with van der Waals surface area (Å²) in [6.45, 7) is 4.22. The first kappa shape index (κ1) is 13.3. The maximum atomic E-state index is 12.7. The number of benzene rings is 1. The van der Waals surface area contributed by atoms with E-state index in [-0.39, 0.29) is 5.56 Å². The summed E-state index contributed by atoms with van der Waals surface area (Å²) in [5.74, 6) is 1.40. The van der Waals surface area contributed by atoms with Gasteiger partial charge in [-0.1, -0.05) is 20.3 Å². The Labute approximate surface area is 99.4 Å². The Hall–Kier alpha value is -0.770. The molecule has 0 saturated carbocycles. The van der Waals surface area contributed by atoms with Gasteiger partial charge in [0.2, 0.25) is 0 Å². The third-order valence-corrected chi connectivity index (χ3v) is 3.91. The first-order valence-corrected chi connectivity index (χ1v) is 6.33. The number of rotatable bonds is 5. The van der Waals surface area contributed by atoms with E-state index in [1.165, 1.54) is 17.8 Å². The van der Waals surface area contributed by atoms with Gasteiger partial charge < -0.3 is 5.73 Å². The zero-order valence-corrected chi connectivity index (χ0v) is 10.4. The lowest BCUT2D eigenvalue weighted by Gasteiger charge is -2.12. The number of alkyl halides is 2. The third-order valence-electron chi connectivity index (χ3n) is 2.49. The maximum absolute atomic E-state index is 12.7. The molecule has 0 aliphatic heterocycles. The number of nitrogen functional groups attached to an aromatic ring is 1. The summed E-state index contributed by atoms with van der Waals surface area (Å²) in [5, 5.41) is 0. The summed E-state index contributed by atoms with van der Waals surface area (Å²) >= 11 is 1.48. The van der Waals surface area contributed by atoms with Crippen LogP contribution in [0, 0.1) is 5.92 Å². The fraction of sp³-hybridized carbons (Fsp3) is 0.500. The van der Waals surface area contributed by atoms with E-state index in [4.69, 9.17) is 5.73 Å². The van der Waals surface area contributed by atoms with Crippen LogP contribution in [-0.4, -0.2) is 5.75 Å². The molecule has 0 fully saturated rings. The van der Waals surface area contributed by atoms with Crippen LogP contribution in [0.3, 0.4) is 0 Å². The molecular weight excluding hydrogens is 228 g/mol. The standard InChI is InChI=1S/C12H17F2NS/c1-3-8(2)7-16-11-5-4-9(15)6-10(11)12(13)14/h4-6,8,12H,3,7,15H2,1-2H3. The highest BCUT2D eigenvalue weighted by Crippen LogP contribution is 2.33.